The van der Waals surface area contributed by atoms with Gasteiger partial charge in [-0.1, -0.05) is 0 Å². The number of carbonyl (C=O) groups is 1. The number of carbonyl (C=O) groups excluding carboxylic acids is 1. The van der Waals surface area contributed by atoms with Crippen molar-refractivity contribution in [2.24, 2.45) is 11.8 Å². The molecule has 2 atom stereocenters. The van der Waals surface area contributed by atoms with E-state index in [4.69, 9.17) is 0 Å². The van der Waals surface area contributed by atoms with E-state index >= 15 is 0 Å². The van der Waals surface area contributed by atoms with Crippen LogP contribution in [-0.2, 0) is 4.79 Å². The van der Waals surface area contributed by atoms with E-state index in [0.717, 1.165) is 0 Å². The SMILES string of the molecule is CC(C1CC1)N(C)CC(=O)N1CCCC(C(F)(F)F)C1. The van der Waals surface area contributed by atoms with E-state index in [0.29, 0.717) is 24.9 Å². The molecule has 1 amide bonds. The van der Waals surface area contributed by atoms with Gasteiger partial charge in [0.25, 0.3) is 0 Å². The van der Waals surface area contributed by atoms with Gasteiger partial charge in [0, 0.05) is 19.1 Å². The fourth-order valence-corrected chi connectivity index (χ4v) is 2.87. The van der Waals surface area contributed by atoms with Crippen LogP contribution in [0.2, 0.25) is 0 Å². The normalized spacial score (nSPS) is 25.9. The van der Waals surface area contributed by atoms with Crippen molar-refractivity contribution < 1.29 is 18.0 Å². The molecular weight excluding hydrogens is 269 g/mol. The first-order valence-corrected chi connectivity index (χ1v) is 7.33. The van der Waals surface area contributed by atoms with Crippen LogP contribution < -0.4 is 0 Å². The number of hydrogen-bond donors (Lipinski definition) is 0. The summed E-state index contributed by atoms with van der Waals surface area (Å²) in [5.41, 5.74) is 0. The third kappa shape index (κ3) is 3.87. The highest BCUT2D eigenvalue weighted by Gasteiger charge is 2.42. The van der Waals surface area contributed by atoms with E-state index in [-0.39, 0.29) is 25.4 Å². The Labute approximate surface area is 118 Å². The number of likely N-dealkylation sites (N-methyl/N-ethyl adjacent to an activating group) is 1. The summed E-state index contributed by atoms with van der Waals surface area (Å²) < 4.78 is 38.2. The van der Waals surface area contributed by atoms with Gasteiger partial charge >= 0.3 is 6.18 Å². The number of nitrogens with zero attached hydrogens (tertiary/aromatic N) is 2. The van der Waals surface area contributed by atoms with Gasteiger partial charge in [-0.2, -0.15) is 13.2 Å². The molecule has 1 saturated heterocycles. The molecule has 1 aliphatic carbocycles. The number of rotatable bonds is 4. The number of alkyl halides is 3. The van der Waals surface area contributed by atoms with Crippen molar-refractivity contribution in [1.29, 1.82) is 0 Å². The summed E-state index contributed by atoms with van der Waals surface area (Å²) in [4.78, 5) is 15.5. The average Bonchev–Trinajstić information content (AvgIpc) is 3.21. The van der Waals surface area contributed by atoms with Crippen LogP contribution in [0.5, 0.6) is 0 Å². The van der Waals surface area contributed by atoms with Gasteiger partial charge in [0.2, 0.25) is 5.91 Å². The maximum atomic E-state index is 12.7. The van der Waals surface area contributed by atoms with Gasteiger partial charge in [-0.3, -0.25) is 9.69 Å². The third-order valence-electron chi connectivity index (χ3n) is 4.62. The maximum absolute atomic E-state index is 12.7. The summed E-state index contributed by atoms with van der Waals surface area (Å²) in [5.74, 6) is -0.877. The molecule has 0 N–H and O–H groups in total. The van der Waals surface area contributed by atoms with Crippen molar-refractivity contribution in [3.05, 3.63) is 0 Å². The molecule has 0 radical (unpaired) electrons. The van der Waals surface area contributed by atoms with Crippen molar-refractivity contribution in [3.63, 3.8) is 0 Å². The van der Waals surface area contributed by atoms with E-state index in [1.54, 1.807) is 0 Å². The molecule has 2 rings (SSSR count). The summed E-state index contributed by atoms with van der Waals surface area (Å²) in [6.07, 6.45) is -1.22. The molecule has 0 spiro atoms. The van der Waals surface area contributed by atoms with Crippen LogP contribution in [0.4, 0.5) is 13.2 Å². The molecule has 0 bridgehead atoms. The maximum Gasteiger partial charge on any atom is 0.393 e. The average molecular weight is 292 g/mol. The smallest absolute Gasteiger partial charge is 0.341 e. The molecule has 2 aliphatic rings. The molecule has 1 aliphatic heterocycles. The summed E-state index contributed by atoms with van der Waals surface area (Å²) in [5, 5.41) is 0. The van der Waals surface area contributed by atoms with E-state index in [1.165, 1.54) is 17.7 Å². The van der Waals surface area contributed by atoms with Crippen LogP contribution in [-0.4, -0.2) is 54.6 Å². The predicted molar refractivity (Wildman–Crippen MR) is 70.2 cm³/mol. The first-order valence-electron chi connectivity index (χ1n) is 7.33. The Morgan fingerprint density at radius 1 is 1.35 bits per heavy atom. The highest BCUT2D eigenvalue weighted by molar-refractivity contribution is 5.78. The highest BCUT2D eigenvalue weighted by atomic mass is 19.4. The van der Waals surface area contributed by atoms with Gasteiger partial charge < -0.3 is 4.90 Å². The number of piperidine rings is 1. The van der Waals surface area contributed by atoms with Gasteiger partial charge in [0.05, 0.1) is 12.5 Å². The van der Waals surface area contributed by atoms with Crippen LogP contribution in [0, 0.1) is 11.8 Å². The molecule has 1 saturated carbocycles. The Morgan fingerprint density at radius 2 is 2.00 bits per heavy atom. The first-order chi connectivity index (χ1) is 9.29. The van der Waals surface area contributed by atoms with Gasteiger partial charge in [0.15, 0.2) is 0 Å². The van der Waals surface area contributed by atoms with E-state index < -0.39 is 12.1 Å². The number of halogens is 3. The van der Waals surface area contributed by atoms with Crippen molar-refractivity contribution in [1.82, 2.24) is 9.80 Å². The molecule has 0 aromatic rings. The minimum atomic E-state index is -4.19. The molecule has 2 fully saturated rings. The van der Waals surface area contributed by atoms with Crippen molar-refractivity contribution in [2.75, 3.05) is 26.7 Å². The Hall–Kier alpha value is -0.780. The Balaban J connectivity index is 1.85. The van der Waals surface area contributed by atoms with Crippen LogP contribution in [0.1, 0.15) is 32.6 Å². The van der Waals surface area contributed by atoms with Gasteiger partial charge in [-0.05, 0) is 45.6 Å². The number of amides is 1. The first kappa shape index (κ1) is 15.6. The molecule has 1 heterocycles. The lowest BCUT2D eigenvalue weighted by molar-refractivity contribution is -0.188. The van der Waals surface area contributed by atoms with Gasteiger partial charge in [0.1, 0.15) is 0 Å². The van der Waals surface area contributed by atoms with Crippen molar-refractivity contribution in [3.8, 4) is 0 Å². The second-order valence-corrected chi connectivity index (χ2v) is 6.21. The fraction of sp³-hybridized carbons (Fsp3) is 0.929. The highest BCUT2D eigenvalue weighted by Crippen LogP contribution is 2.35. The molecule has 0 aromatic heterocycles. The fourth-order valence-electron chi connectivity index (χ4n) is 2.87. The molecule has 2 unspecified atom stereocenters. The van der Waals surface area contributed by atoms with Crippen LogP contribution in [0.15, 0.2) is 0 Å². The Bertz CT molecular complexity index is 355. The zero-order valence-electron chi connectivity index (χ0n) is 12.1. The molecule has 3 nitrogen and oxygen atoms in total. The van der Waals surface area contributed by atoms with Crippen molar-refractivity contribution in [2.45, 2.75) is 44.8 Å². The minimum Gasteiger partial charge on any atom is -0.341 e. The lowest BCUT2D eigenvalue weighted by atomic mass is 9.97. The zero-order valence-corrected chi connectivity index (χ0v) is 12.1. The molecule has 116 valence electrons. The van der Waals surface area contributed by atoms with E-state index in [9.17, 15) is 18.0 Å². The third-order valence-corrected chi connectivity index (χ3v) is 4.62. The van der Waals surface area contributed by atoms with E-state index in [1.807, 2.05) is 11.9 Å². The zero-order chi connectivity index (χ0) is 14.9. The summed E-state index contributed by atoms with van der Waals surface area (Å²) in [6.45, 7) is 2.59. The molecular formula is C14H23F3N2O. The standard InChI is InChI=1S/C14H23F3N2O/c1-10(11-5-6-11)18(2)9-13(20)19-7-3-4-12(8-19)14(15,16)17/h10-12H,3-9H2,1-2H3. The van der Waals surface area contributed by atoms with Crippen LogP contribution in [0.25, 0.3) is 0 Å². The molecule has 20 heavy (non-hydrogen) atoms. The minimum absolute atomic E-state index is 0.140. The monoisotopic (exact) mass is 292 g/mol. The topological polar surface area (TPSA) is 23.6 Å². The van der Waals surface area contributed by atoms with Gasteiger partial charge in [-0.25, -0.2) is 0 Å². The summed E-state index contributed by atoms with van der Waals surface area (Å²) >= 11 is 0. The van der Waals surface area contributed by atoms with Crippen LogP contribution in [0.3, 0.4) is 0 Å². The summed E-state index contributed by atoms with van der Waals surface area (Å²) in [7, 11) is 1.88. The van der Waals surface area contributed by atoms with Crippen molar-refractivity contribution >= 4 is 5.91 Å². The number of likely N-dealkylation sites (tertiary alicyclic amines) is 1. The molecule has 6 heteroatoms. The van der Waals surface area contributed by atoms with Gasteiger partial charge in [-0.15, -0.1) is 0 Å². The second-order valence-electron chi connectivity index (χ2n) is 6.21. The lowest BCUT2D eigenvalue weighted by Crippen LogP contribution is -2.48. The number of hydrogen-bond acceptors (Lipinski definition) is 2. The Kier molecular flexibility index (Phi) is 4.62. The Morgan fingerprint density at radius 3 is 2.55 bits per heavy atom. The molecule has 0 aromatic carbocycles. The quantitative estimate of drug-likeness (QED) is 0.795. The largest absolute Gasteiger partial charge is 0.393 e. The predicted octanol–water partition coefficient (Wildman–Crippen LogP) is 2.52. The lowest BCUT2D eigenvalue weighted by Gasteiger charge is -2.35. The summed E-state index contributed by atoms with van der Waals surface area (Å²) in [6, 6.07) is 0.335. The van der Waals surface area contributed by atoms with Crippen LogP contribution >= 0.6 is 0 Å². The van der Waals surface area contributed by atoms with E-state index in [2.05, 4.69) is 6.92 Å². The second kappa shape index (κ2) is 5.92.